The highest BCUT2D eigenvalue weighted by atomic mass is 32.2. The molecule has 1 saturated heterocycles. The number of hydrogen-bond donors (Lipinski definition) is 0. The van der Waals surface area contributed by atoms with Crippen LogP contribution in [0.3, 0.4) is 0 Å². The Bertz CT molecular complexity index is 863. The fourth-order valence-electron chi connectivity index (χ4n) is 2.65. The van der Waals surface area contributed by atoms with E-state index in [9.17, 15) is 13.2 Å². The molecule has 0 bridgehead atoms. The summed E-state index contributed by atoms with van der Waals surface area (Å²) in [6.45, 7) is 0.381. The van der Waals surface area contributed by atoms with Gasteiger partial charge in [0.05, 0.1) is 11.5 Å². The number of carbonyl (C=O) groups is 1. The fraction of sp³-hybridized carbons (Fsp3) is 0.167. The number of cyclic esters (lactones) is 1. The highest BCUT2D eigenvalue weighted by molar-refractivity contribution is 7.90. The molecule has 2 aromatic carbocycles. The van der Waals surface area contributed by atoms with Gasteiger partial charge in [-0.1, -0.05) is 42.5 Å². The third-order valence-electron chi connectivity index (χ3n) is 3.77. The van der Waals surface area contributed by atoms with E-state index in [4.69, 9.17) is 4.74 Å². The minimum atomic E-state index is -3.25. The van der Waals surface area contributed by atoms with E-state index in [1.807, 2.05) is 30.3 Å². The molecule has 5 heteroatoms. The van der Waals surface area contributed by atoms with Crippen LogP contribution in [0.15, 0.2) is 65.1 Å². The Hall–Kier alpha value is -2.40. The van der Waals surface area contributed by atoms with E-state index >= 15 is 0 Å². The second kappa shape index (κ2) is 6.01. The van der Waals surface area contributed by atoms with E-state index in [1.165, 1.54) is 6.26 Å². The largest absolute Gasteiger partial charge is 0.462 e. The first kappa shape index (κ1) is 15.5. The van der Waals surface area contributed by atoms with Crippen molar-refractivity contribution in [1.29, 1.82) is 0 Å². The van der Waals surface area contributed by atoms with Gasteiger partial charge in [0.25, 0.3) is 0 Å². The topological polar surface area (TPSA) is 60.4 Å². The molecule has 0 unspecified atom stereocenters. The Labute approximate surface area is 135 Å². The number of esters is 1. The molecule has 1 aliphatic heterocycles. The van der Waals surface area contributed by atoms with Crippen molar-refractivity contribution in [2.75, 3.05) is 12.9 Å². The Morgan fingerprint density at radius 1 is 0.957 bits per heavy atom. The third-order valence-corrected chi connectivity index (χ3v) is 4.90. The zero-order valence-electron chi connectivity index (χ0n) is 12.7. The summed E-state index contributed by atoms with van der Waals surface area (Å²) in [6, 6.07) is 16.2. The molecule has 0 amide bonds. The van der Waals surface area contributed by atoms with E-state index in [2.05, 4.69) is 0 Å². The second-order valence-electron chi connectivity index (χ2n) is 5.40. The van der Waals surface area contributed by atoms with Gasteiger partial charge in [-0.15, -0.1) is 0 Å². The maximum absolute atomic E-state index is 12.0. The van der Waals surface area contributed by atoms with Crippen molar-refractivity contribution in [3.63, 3.8) is 0 Å². The summed E-state index contributed by atoms with van der Waals surface area (Å²) in [4.78, 5) is 12.3. The van der Waals surface area contributed by atoms with Crippen LogP contribution in [-0.4, -0.2) is 27.2 Å². The van der Waals surface area contributed by atoms with Gasteiger partial charge in [0, 0.05) is 18.2 Å². The molecule has 0 radical (unpaired) electrons. The molecule has 4 nitrogen and oxygen atoms in total. The van der Waals surface area contributed by atoms with Crippen LogP contribution in [0.2, 0.25) is 0 Å². The van der Waals surface area contributed by atoms with Crippen LogP contribution in [-0.2, 0) is 19.4 Å². The molecular formula is C18H16O4S. The average molecular weight is 328 g/mol. The lowest BCUT2D eigenvalue weighted by molar-refractivity contribution is -0.135. The smallest absolute Gasteiger partial charge is 0.334 e. The van der Waals surface area contributed by atoms with Gasteiger partial charge >= 0.3 is 5.97 Å². The molecule has 23 heavy (non-hydrogen) atoms. The van der Waals surface area contributed by atoms with Gasteiger partial charge < -0.3 is 4.74 Å². The van der Waals surface area contributed by atoms with Crippen LogP contribution >= 0.6 is 0 Å². The quantitative estimate of drug-likeness (QED) is 0.642. The molecule has 0 N–H and O–H groups in total. The van der Waals surface area contributed by atoms with Gasteiger partial charge in [-0.25, -0.2) is 13.2 Å². The SMILES string of the molecule is CS(=O)(=O)c1ccc(/C(=C2/CCOC2=O)c2ccccc2)cc1. The Morgan fingerprint density at radius 3 is 2.09 bits per heavy atom. The predicted molar refractivity (Wildman–Crippen MR) is 87.6 cm³/mol. The monoisotopic (exact) mass is 328 g/mol. The maximum Gasteiger partial charge on any atom is 0.334 e. The highest BCUT2D eigenvalue weighted by Gasteiger charge is 2.24. The van der Waals surface area contributed by atoms with E-state index in [0.29, 0.717) is 18.6 Å². The van der Waals surface area contributed by atoms with Crippen LogP contribution in [0.1, 0.15) is 17.5 Å². The number of benzene rings is 2. The molecule has 3 rings (SSSR count). The van der Waals surface area contributed by atoms with Crippen molar-refractivity contribution in [2.45, 2.75) is 11.3 Å². The lowest BCUT2D eigenvalue weighted by Crippen LogP contribution is -2.02. The first-order valence-corrected chi connectivity index (χ1v) is 9.12. The van der Waals surface area contributed by atoms with Gasteiger partial charge in [-0.05, 0) is 28.8 Å². The van der Waals surface area contributed by atoms with Gasteiger partial charge in [0.2, 0.25) is 0 Å². The van der Waals surface area contributed by atoms with Gasteiger partial charge in [-0.3, -0.25) is 0 Å². The number of carbonyl (C=O) groups excluding carboxylic acids is 1. The Kier molecular flexibility index (Phi) is 4.05. The summed E-state index contributed by atoms with van der Waals surface area (Å²) in [5, 5.41) is 0. The second-order valence-corrected chi connectivity index (χ2v) is 7.42. The van der Waals surface area contributed by atoms with Gasteiger partial charge in [-0.2, -0.15) is 0 Å². The molecule has 0 aliphatic carbocycles. The molecule has 1 aliphatic rings. The standard InChI is InChI=1S/C18H16O4S/c1-23(20,21)15-9-7-14(8-10-15)17(13-5-3-2-4-6-13)16-11-12-22-18(16)19/h2-10H,11-12H2,1H3/b17-16-. The third kappa shape index (κ3) is 3.19. The average Bonchev–Trinajstić information content (AvgIpc) is 2.94. The minimum absolute atomic E-state index is 0.257. The van der Waals surface area contributed by atoms with Crippen molar-refractivity contribution < 1.29 is 17.9 Å². The summed E-state index contributed by atoms with van der Waals surface area (Å²) in [6.07, 6.45) is 1.73. The molecule has 1 fully saturated rings. The van der Waals surface area contributed by atoms with E-state index in [1.54, 1.807) is 24.3 Å². The Morgan fingerprint density at radius 2 is 1.57 bits per heavy atom. The van der Waals surface area contributed by atoms with Crippen LogP contribution in [0.5, 0.6) is 0 Å². The number of rotatable bonds is 3. The maximum atomic E-state index is 12.0. The van der Waals surface area contributed by atoms with Crippen molar-refractivity contribution in [1.82, 2.24) is 0 Å². The summed E-state index contributed by atoms with van der Waals surface area (Å²) >= 11 is 0. The van der Waals surface area contributed by atoms with E-state index in [-0.39, 0.29) is 10.9 Å². The predicted octanol–water partition coefficient (Wildman–Crippen LogP) is 2.84. The molecule has 1 heterocycles. The first-order valence-electron chi connectivity index (χ1n) is 7.23. The van der Waals surface area contributed by atoms with Crippen molar-refractivity contribution in [2.24, 2.45) is 0 Å². The van der Waals surface area contributed by atoms with Crippen LogP contribution in [0.25, 0.3) is 5.57 Å². The molecule has 0 saturated carbocycles. The lowest BCUT2D eigenvalue weighted by atomic mass is 9.92. The number of hydrogen-bond acceptors (Lipinski definition) is 4. The van der Waals surface area contributed by atoms with Crippen molar-refractivity contribution in [3.8, 4) is 0 Å². The molecule has 0 atom stereocenters. The number of ether oxygens (including phenoxy) is 1. The first-order chi connectivity index (χ1) is 11.0. The van der Waals surface area contributed by atoms with Gasteiger partial charge in [0.15, 0.2) is 9.84 Å². The minimum Gasteiger partial charge on any atom is -0.462 e. The highest BCUT2D eigenvalue weighted by Crippen LogP contribution is 2.32. The van der Waals surface area contributed by atoms with Crippen LogP contribution in [0, 0.1) is 0 Å². The van der Waals surface area contributed by atoms with Gasteiger partial charge in [0.1, 0.15) is 0 Å². The van der Waals surface area contributed by atoms with Crippen LogP contribution < -0.4 is 0 Å². The summed E-state index contributed by atoms with van der Waals surface area (Å²) in [5.74, 6) is -0.309. The molecule has 118 valence electrons. The fourth-order valence-corrected chi connectivity index (χ4v) is 3.28. The van der Waals surface area contributed by atoms with Crippen molar-refractivity contribution in [3.05, 3.63) is 71.3 Å². The lowest BCUT2D eigenvalue weighted by Gasteiger charge is -2.11. The summed E-state index contributed by atoms with van der Waals surface area (Å²) in [5.41, 5.74) is 3.14. The summed E-state index contributed by atoms with van der Waals surface area (Å²) in [7, 11) is -3.25. The zero-order valence-corrected chi connectivity index (χ0v) is 13.5. The summed E-state index contributed by atoms with van der Waals surface area (Å²) < 4.78 is 28.3. The molecule has 0 spiro atoms. The molecule has 2 aromatic rings. The molecule has 0 aromatic heterocycles. The van der Waals surface area contributed by atoms with Crippen LogP contribution in [0.4, 0.5) is 0 Å². The normalized spacial score (nSPS) is 17.0. The number of sulfone groups is 1. The van der Waals surface area contributed by atoms with Crippen molar-refractivity contribution >= 4 is 21.4 Å². The Balaban J connectivity index is 2.16. The van der Waals surface area contributed by atoms with E-state index < -0.39 is 9.84 Å². The molecular weight excluding hydrogens is 312 g/mol. The zero-order chi connectivity index (χ0) is 16.4. The van der Waals surface area contributed by atoms with E-state index in [0.717, 1.165) is 16.7 Å².